The van der Waals surface area contributed by atoms with Crippen LogP contribution in [-0.2, 0) is 4.79 Å². The fourth-order valence-electron chi connectivity index (χ4n) is 2.86. The van der Waals surface area contributed by atoms with Crippen molar-refractivity contribution in [2.24, 2.45) is 5.92 Å². The van der Waals surface area contributed by atoms with Crippen molar-refractivity contribution in [1.29, 1.82) is 0 Å². The molecule has 0 saturated carbocycles. The molecule has 4 heteroatoms. The number of hydrogen-bond acceptors (Lipinski definition) is 3. The van der Waals surface area contributed by atoms with E-state index in [-0.39, 0.29) is 5.91 Å². The maximum atomic E-state index is 11.8. The third-order valence-corrected chi connectivity index (χ3v) is 3.94. The maximum absolute atomic E-state index is 11.8. The van der Waals surface area contributed by atoms with Crippen molar-refractivity contribution in [3.63, 3.8) is 0 Å². The first-order chi connectivity index (χ1) is 8.24. The average Bonchev–Trinajstić information content (AvgIpc) is 2.73. The van der Waals surface area contributed by atoms with E-state index in [0.717, 1.165) is 39.0 Å². The summed E-state index contributed by atoms with van der Waals surface area (Å²) in [6, 6.07) is 0.386. The minimum absolute atomic E-state index is 0.246. The third kappa shape index (κ3) is 4.28. The number of likely N-dealkylation sites (N-methyl/N-ethyl adjacent to an activating group) is 1. The van der Waals surface area contributed by atoms with Gasteiger partial charge < -0.3 is 15.5 Å². The first-order valence-corrected chi connectivity index (χ1v) is 6.92. The van der Waals surface area contributed by atoms with Gasteiger partial charge in [-0.2, -0.15) is 0 Å². The predicted molar refractivity (Wildman–Crippen MR) is 68.9 cm³/mol. The number of hydrogen-bond donors (Lipinski definition) is 2. The minimum Gasteiger partial charge on any atom is -0.352 e. The Morgan fingerprint density at radius 1 is 1.47 bits per heavy atom. The molecule has 2 aliphatic rings. The molecule has 0 spiro atoms. The molecule has 2 aliphatic heterocycles. The second-order valence-corrected chi connectivity index (χ2v) is 5.57. The van der Waals surface area contributed by atoms with Crippen LogP contribution in [0.3, 0.4) is 0 Å². The van der Waals surface area contributed by atoms with E-state index in [1.165, 1.54) is 12.8 Å². The van der Waals surface area contributed by atoms with E-state index in [9.17, 15) is 4.79 Å². The Bertz CT molecular complexity index is 251. The Balaban J connectivity index is 1.60. The fourth-order valence-corrected chi connectivity index (χ4v) is 2.86. The van der Waals surface area contributed by atoms with Crippen molar-refractivity contribution in [2.45, 2.75) is 38.1 Å². The maximum Gasteiger partial charge on any atom is 0.220 e. The Morgan fingerprint density at radius 3 is 3.00 bits per heavy atom. The number of carbonyl (C=O) groups is 1. The molecule has 2 saturated heterocycles. The highest BCUT2D eigenvalue weighted by Gasteiger charge is 2.21. The molecule has 2 N–H and O–H groups in total. The van der Waals surface area contributed by atoms with Gasteiger partial charge in [0.2, 0.25) is 5.91 Å². The zero-order chi connectivity index (χ0) is 12.1. The number of likely N-dealkylation sites (tertiary alicyclic amines) is 1. The summed E-state index contributed by atoms with van der Waals surface area (Å²) in [5.41, 5.74) is 0. The van der Waals surface area contributed by atoms with Gasteiger partial charge in [-0.3, -0.25) is 4.79 Å². The van der Waals surface area contributed by atoms with E-state index >= 15 is 0 Å². The summed E-state index contributed by atoms with van der Waals surface area (Å²) in [6.07, 6.45) is 5.40. The summed E-state index contributed by atoms with van der Waals surface area (Å²) in [7, 11) is 2.11. The van der Waals surface area contributed by atoms with Crippen molar-refractivity contribution >= 4 is 5.91 Å². The molecule has 4 nitrogen and oxygen atoms in total. The van der Waals surface area contributed by atoms with Gasteiger partial charge in [0.05, 0.1) is 0 Å². The zero-order valence-corrected chi connectivity index (χ0v) is 10.9. The molecule has 17 heavy (non-hydrogen) atoms. The van der Waals surface area contributed by atoms with Crippen LogP contribution in [0.4, 0.5) is 0 Å². The number of nitrogens with zero attached hydrogens (tertiary/aromatic N) is 1. The molecule has 2 heterocycles. The molecule has 0 aromatic rings. The third-order valence-electron chi connectivity index (χ3n) is 3.94. The minimum atomic E-state index is 0.246. The van der Waals surface area contributed by atoms with Crippen molar-refractivity contribution in [2.75, 3.05) is 33.2 Å². The molecule has 1 amide bonds. The van der Waals surface area contributed by atoms with Crippen LogP contribution in [0.25, 0.3) is 0 Å². The SMILES string of the molecule is CN1CCC(NC(=O)CCC2CCCNC2)C1. The van der Waals surface area contributed by atoms with Gasteiger partial charge in [0.1, 0.15) is 0 Å². The summed E-state index contributed by atoms with van der Waals surface area (Å²) in [6.45, 7) is 4.37. The first-order valence-electron chi connectivity index (χ1n) is 6.92. The van der Waals surface area contributed by atoms with Gasteiger partial charge in [-0.25, -0.2) is 0 Å². The molecular formula is C13H25N3O. The average molecular weight is 239 g/mol. The number of carbonyl (C=O) groups excluding carboxylic acids is 1. The van der Waals surface area contributed by atoms with E-state index in [4.69, 9.17) is 0 Å². The van der Waals surface area contributed by atoms with Crippen LogP contribution in [0.5, 0.6) is 0 Å². The second kappa shape index (κ2) is 6.36. The molecular weight excluding hydrogens is 214 g/mol. The molecule has 0 bridgehead atoms. The van der Waals surface area contributed by atoms with E-state index in [1.807, 2.05) is 0 Å². The fraction of sp³-hybridized carbons (Fsp3) is 0.923. The summed E-state index contributed by atoms with van der Waals surface area (Å²) in [5.74, 6) is 0.955. The Morgan fingerprint density at radius 2 is 2.35 bits per heavy atom. The number of nitrogens with one attached hydrogen (secondary N) is 2. The van der Waals surface area contributed by atoms with Crippen LogP contribution in [0, 0.1) is 5.92 Å². The van der Waals surface area contributed by atoms with Crippen LogP contribution in [0.15, 0.2) is 0 Å². The largest absolute Gasteiger partial charge is 0.352 e. The molecule has 0 aromatic carbocycles. The monoisotopic (exact) mass is 239 g/mol. The van der Waals surface area contributed by atoms with Crippen LogP contribution in [0.2, 0.25) is 0 Å². The van der Waals surface area contributed by atoms with Gasteiger partial charge in [0.25, 0.3) is 0 Å². The molecule has 2 atom stereocenters. The van der Waals surface area contributed by atoms with Crippen molar-refractivity contribution in [3.8, 4) is 0 Å². The lowest BCUT2D eigenvalue weighted by molar-refractivity contribution is -0.122. The number of rotatable bonds is 4. The van der Waals surface area contributed by atoms with E-state index in [0.29, 0.717) is 18.4 Å². The van der Waals surface area contributed by atoms with E-state index in [1.54, 1.807) is 0 Å². The highest BCUT2D eigenvalue weighted by Crippen LogP contribution is 2.16. The molecule has 0 aromatic heterocycles. The molecule has 0 radical (unpaired) electrons. The first kappa shape index (κ1) is 12.8. The van der Waals surface area contributed by atoms with Crippen LogP contribution >= 0.6 is 0 Å². The zero-order valence-electron chi connectivity index (χ0n) is 10.9. The summed E-state index contributed by atoms with van der Waals surface area (Å²) >= 11 is 0. The van der Waals surface area contributed by atoms with Gasteiger partial charge >= 0.3 is 0 Å². The Labute approximate surface area is 104 Å². The normalized spacial score (nSPS) is 30.4. The molecule has 2 unspecified atom stereocenters. The van der Waals surface area contributed by atoms with Crippen LogP contribution in [-0.4, -0.2) is 50.1 Å². The highest BCUT2D eigenvalue weighted by molar-refractivity contribution is 5.76. The number of amides is 1. The Hall–Kier alpha value is -0.610. The molecule has 0 aliphatic carbocycles. The molecule has 2 fully saturated rings. The quantitative estimate of drug-likeness (QED) is 0.754. The molecule has 98 valence electrons. The summed E-state index contributed by atoms with van der Waals surface area (Å²) in [4.78, 5) is 14.1. The number of piperidine rings is 1. The summed E-state index contributed by atoms with van der Waals surface area (Å²) < 4.78 is 0. The standard InChI is InChI=1S/C13H25N3O/c1-16-8-6-12(10-16)15-13(17)5-4-11-3-2-7-14-9-11/h11-12,14H,2-10H2,1H3,(H,15,17). The topological polar surface area (TPSA) is 44.4 Å². The van der Waals surface area contributed by atoms with Crippen molar-refractivity contribution < 1.29 is 4.79 Å². The van der Waals surface area contributed by atoms with Gasteiger partial charge in [0.15, 0.2) is 0 Å². The van der Waals surface area contributed by atoms with Crippen LogP contribution < -0.4 is 10.6 Å². The van der Waals surface area contributed by atoms with Gasteiger partial charge in [0, 0.05) is 19.0 Å². The lowest BCUT2D eigenvalue weighted by Crippen LogP contribution is -2.37. The smallest absolute Gasteiger partial charge is 0.220 e. The molecule has 2 rings (SSSR count). The van der Waals surface area contributed by atoms with Crippen LogP contribution in [0.1, 0.15) is 32.1 Å². The highest BCUT2D eigenvalue weighted by atomic mass is 16.1. The summed E-state index contributed by atoms with van der Waals surface area (Å²) in [5, 5.41) is 6.55. The lowest BCUT2D eigenvalue weighted by atomic mass is 9.94. The van der Waals surface area contributed by atoms with E-state index < -0.39 is 0 Å². The Kier molecular flexibility index (Phi) is 4.80. The second-order valence-electron chi connectivity index (χ2n) is 5.57. The van der Waals surface area contributed by atoms with Gasteiger partial charge in [-0.05, 0) is 58.3 Å². The van der Waals surface area contributed by atoms with Gasteiger partial charge in [-0.1, -0.05) is 0 Å². The van der Waals surface area contributed by atoms with Crippen molar-refractivity contribution in [3.05, 3.63) is 0 Å². The van der Waals surface area contributed by atoms with Crippen molar-refractivity contribution in [1.82, 2.24) is 15.5 Å². The predicted octanol–water partition coefficient (Wildman–Crippen LogP) is 0.587. The lowest BCUT2D eigenvalue weighted by Gasteiger charge is -2.22. The van der Waals surface area contributed by atoms with E-state index in [2.05, 4.69) is 22.6 Å². The van der Waals surface area contributed by atoms with Gasteiger partial charge in [-0.15, -0.1) is 0 Å².